The van der Waals surface area contributed by atoms with Crippen LogP contribution >= 0.6 is 0 Å². The van der Waals surface area contributed by atoms with E-state index < -0.39 is 49.1 Å². The molecule has 1 atom stereocenters. The maximum Gasteiger partial charge on any atom is 0.397 e. The first-order chi connectivity index (χ1) is 8.64. The predicted octanol–water partition coefficient (Wildman–Crippen LogP) is 5.14. The van der Waals surface area contributed by atoms with Gasteiger partial charge >= 0.3 is 30.4 Å². The molecule has 0 aromatic carbocycles. The van der Waals surface area contributed by atoms with Crippen LogP contribution in [0.2, 0.25) is 0 Å². The molecular weight excluding hydrogens is 317 g/mol. The summed E-state index contributed by atoms with van der Waals surface area (Å²) in [5.41, 5.74) is 0. The molecule has 0 aliphatic carbocycles. The summed E-state index contributed by atoms with van der Waals surface area (Å²) in [6.07, 6.45) is -13.5. The van der Waals surface area contributed by atoms with Crippen LogP contribution in [0.15, 0.2) is 0 Å². The van der Waals surface area contributed by atoms with Crippen molar-refractivity contribution in [2.75, 3.05) is 0 Å². The van der Waals surface area contributed by atoms with Crippen LogP contribution in [0.4, 0.5) is 48.3 Å². The Morgan fingerprint density at radius 3 is 1.40 bits per heavy atom. The normalized spacial score (nSPS) is 16.6. The average molecular weight is 326 g/mol. The van der Waals surface area contributed by atoms with Crippen molar-refractivity contribution in [1.82, 2.24) is 0 Å². The molecule has 0 aliphatic rings. The topological polar surface area (TPSA) is 0 Å². The van der Waals surface area contributed by atoms with Crippen molar-refractivity contribution in [3.8, 4) is 0 Å². The molecule has 122 valence electrons. The van der Waals surface area contributed by atoms with E-state index in [9.17, 15) is 48.3 Å². The van der Waals surface area contributed by atoms with Crippen molar-refractivity contribution in [2.45, 2.75) is 50.1 Å². The highest BCUT2D eigenvalue weighted by molar-refractivity contribution is 5.02. The van der Waals surface area contributed by atoms with Crippen LogP contribution in [0, 0.1) is 5.92 Å². The van der Waals surface area contributed by atoms with E-state index in [0.717, 1.165) is 6.92 Å². The lowest BCUT2D eigenvalue weighted by Gasteiger charge is -2.37. The van der Waals surface area contributed by atoms with Crippen molar-refractivity contribution >= 4 is 0 Å². The van der Waals surface area contributed by atoms with Gasteiger partial charge in [-0.3, -0.25) is 0 Å². The summed E-state index contributed by atoms with van der Waals surface area (Å²) >= 11 is 0. The number of hydrogen-bond acceptors (Lipinski definition) is 0. The largest absolute Gasteiger partial charge is 0.397 e. The van der Waals surface area contributed by atoms with E-state index in [0.29, 0.717) is 0 Å². The second-order valence-corrected chi connectivity index (χ2v) is 4.00. The first-order valence-corrected chi connectivity index (χ1v) is 5.12. The fourth-order valence-electron chi connectivity index (χ4n) is 1.42. The fourth-order valence-corrected chi connectivity index (χ4v) is 1.42. The predicted molar refractivity (Wildman–Crippen MR) is 45.3 cm³/mol. The van der Waals surface area contributed by atoms with Crippen LogP contribution in [0.3, 0.4) is 0 Å². The van der Waals surface area contributed by atoms with E-state index in [1.54, 1.807) is 0 Å². The third-order valence-corrected chi connectivity index (χ3v) is 2.52. The van der Waals surface area contributed by atoms with Crippen molar-refractivity contribution in [2.24, 2.45) is 5.92 Å². The highest BCUT2D eigenvalue weighted by Crippen LogP contribution is 2.55. The molecule has 0 nitrogen and oxygen atoms in total. The van der Waals surface area contributed by atoms with Gasteiger partial charge in [-0.15, -0.1) is 0 Å². The lowest BCUT2D eigenvalue weighted by atomic mass is 9.88. The Hall–Kier alpha value is -0.770. The minimum atomic E-state index is -6.84. The molecule has 0 aromatic heterocycles. The van der Waals surface area contributed by atoms with Gasteiger partial charge in [0.1, 0.15) is 5.92 Å². The van der Waals surface area contributed by atoms with Gasteiger partial charge in [-0.2, -0.15) is 39.5 Å². The smallest absolute Gasteiger partial charge is 0.203 e. The van der Waals surface area contributed by atoms with Crippen LogP contribution in [-0.2, 0) is 0 Å². The lowest BCUT2D eigenvalue weighted by Crippen LogP contribution is -2.62. The number of alkyl halides is 11. The molecule has 0 fully saturated rings. The molecule has 0 saturated heterocycles. The summed E-state index contributed by atoms with van der Waals surface area (Å²) in [7, 11) is 0. The molecule has 1 unspecified atom stereocenters. The summed E-state index contributed by atoms with van der Waals surface area (Å²) in [6.45, 7) is 0.915. The van der Waals surface area contributed by atoms with Crippen molar-refractivity contribution in [3.63, 3.8) is 0 Å². The average Bonchev–Trinajstić information content (AvgIpc) is 2.23. The van der Waals surface area contributed by atoms with Crippen LogP contribution in [0.5, 0.6) is 0 Å². The van der Waals surface area contributed by atoms with Gasteiger partial charge in [-0.1, -0.05) is 13.3 Å². The molecule has 0 saturated carbocycles. The molecule has 0 N–H and O–H groups in total. The molecule has 0 rings (SSSR count). The molecule has 0 radical (unpaired) electrons. The molecule has 0 heterocycles. The summed E-state index contributed by atoms with van der Waals surface area (Å²) < 4.78 is 137. The van der Waals surface area contributed by atoms with E-state index in [4.69, 9.17) is 0 Å². The zero-order chi connectivity index (χ0) is 16.6. The fraction of sp³-hybridized carbons (Fsp3) is 1.00. The quantitative estimate of drug-likeness (QED) is 0.593. The molecule has 0 aliphatic heterocycles. The Kier molecular flexibility index (Phi) is 5.34. The highest BCUT2D eigenvalue weighted by Gasteiger charge is 2.79. The third-order valence-electron chi connectivity index (χ3n) is 2.52. The number of halogens is 11. The second kappa shape index (κ2) is 5.55. The van der Waals surface area contributed by atoms with Gasteiger partial charge < -0.3 is 0 Å². The molecule has 20 heavy (non-hydrogen) atoms. The Morgan fingerprint density at radius 1 is 0.750 bits per heavy atom. The van der Waals surface area contributed by atoms with Crippen LogP contribution in [-0.4, -0.2) is 30.4 Å². The van der Waals surface area contributed by atoms with Gasteiger partial charge in [0, 0.05) is 0 Å². The summed E-state index contributed by atoms with van der Waals surface area (Å²) in [6, 6.07) is 0. The minimum Gasteiger partial charge on any atom is -0.203 e. The third kappa shape index (κ3) is 3.11. The van der Waals surface area contributed by atoms with Gasteiger partial charge in [-0.05, 0) is 6.42 Å². The first kappa shape index (κ1) is 19.2. The SMILES string of the molecule is CCCC(C(F)(F)F)C(F)(F)C(F)(F)C(F)(F)C(F)F. The van der Waals surface area contributed by atoms with Crippen LogP contribution < -0.4 is 0 Å². The molecule has 11 heteroatoms. The van der Waals surface area contributed by atoms with Gasteiger partial charge in [0.05, 0.1) is 0 Å². The van der Waals surface area contributed by atoms with E-state index in [-0.39, 0.29) is 0 Å². The van der Waals surface area contributed by atoms with E-state index >= 15 is 0 Å². The minimum absolute atomic E-state index is 0.684. The van der Waals surface area contributed by atoms with Gasteiger partial charge in [0.25, 0.3) is 0 Å². The number of rotatable bonds is 6. The Balaban J connectivity index is 5.79. The Morgan fingerprint density at radius 2 is 1.15 bits per heavy atom. The van der Waals surface area contributed by atoms with Crippen LogP contribution in [0.1, 0.15) is 19.8 Å². The number of hydrogen-bond donors (Lipinski definition) is 0. The van der Waals surface area contributed by atoms with Gasteiger partial charge in [-0.25, -0.2) is 8.78 Å². The molecule has 0 amide bonds. The highest BCUT2D eigenvalue weighted by atomic mass is 19.4. The van der Waals surface area contributed by atoms with Crippen molar-refractivity contribution < 1.29 is 48.3 Å². The van der Waals surface area contributed by atoms with Crippen LogP contribution in [0.25, 0.3) is 0 Å². The zero-order valence-electron chi connectivity index (χ0n) is 9.73. The second-order valence-electron chi connectivity index (χ2n) is 4.00. The summed E-state index contributed by atoms with van der Waals surface area (Å²) in [4.78, 5) is 0. The molecule has 0 aromatic rings. The maximum absolute atomic E-state index is 13.1. The van der Waals surface area contributed by atoms with Gasteiger partial charge in [0.2, 0.25) is 0 Å². The molecular formula is C9H9F11. The standard InChI is InChI=1S/C9H9F11/c1-2-3-4(8(16,17)18)6(12,13)9(19,20)7(14,15)5(10)11/h4-5H,2-3H2,1H3. The van der Waals surface area contributed by atoms with E-state index in [1.165, 1.54) is 0 Å². The lowest BCUT2D eigenvalue weighted by molar-refractivity contribution is -0.375. The van der Waals surface area contributed by atoms with Crippen molar-refractivity contribution in [3.05, 3.63) is 0 Å². The Labute approximate surface area is 105 Å². The summed E-state index contributed by atoms with van der Waals surface area (Å²) in [5.74, 6) is -24.0. The Bertz CT molecular complexity index is 316. The van der Waals surface area contributed by atoms with Crippen molar-refractivity contribution in [1.29, 1.82) is 0 Å². The first-order valence-electron chi connectivity index (χ1n) is 5.12. The monoisotopic (exact) mass is 326 g/mol. The van der Waals surface area contributed by atoms with E-state index in [2.05, 4.69) is 0 Å². The molecule has 0 bridgehead atoms. The molecule has 0 spiro atoms. The van der Waals surface area contributed by atoms with Gasteiger partial charge in [0.15, 0.2) is 0 Å². The summed E-state index contributed by atoms with van der Waals surface area (Å²) in [5, 5.41) is 0. The maximum atomic E-state index is 13.1. The van der Waals surface area contributed by atoms with E-state index in [1.807, 2.05) is 0 Å². The zero-order valence-corrected chi connectivity index (χ0v) is 9.73.